The summed E-state index contributed by atoms with van der Waals surface area (Å²) in [6, 6.07) is 16.1. The maximum absolute atomic E-state index is 13.5. The smallest absolute Gasteiger partial charge is 0.171 e. The Morgan fingerprint density at radius 2 is 1.48 bits per heavy atom. The van der Waals surface area contributed by atoms with E-state index >= 15 is 0 Å². The van der Waals surface area contributed by atoms with E-state index in [0.29, 0.717) is 10.9 Å². The number of carbonyl (C=O) groups excluding carboxylic acids is 1. The Kier molecular flexibility index (Phi) is 9.68. The number of Topliss-reactive ketones (excluding diaryl/α,β-unsaturated/α-hetero) is 1. The molecule has 0 amide bonds. The van der Waals surface area contributed by atoms with E-state index in [4.69, 9.17) is 11.6 Å². The number of nitrogens with zero attached hydrogens (tertiary/aromatic N) is 1. The van der Waals surface area contributed by atoms with Crippen LogP contribution in [0.5, 0.6) is 0 Å². The number of benzene rings is 2. The van der Waals surface area contributed by atoms with Gasteiger partial charge in [-0.25, -0.2) is 0 Å². The molecule has 29 heavy (non-hydrogen) atoms. The van der Waals surface area contributed by atoms with Crippen LogP contribution in [-0.2, 0) is 0 Å². The van der Waals surface area contributed by atoms with Gasteiger partial charge in [0.2, 0.25) is 0 Å². The third kappa shape index (κ3) is 6.57. The van der Waals surface area contributed by atoms with Crippen molar-refractivity contribution >= 4 is 29.8 Å². The van der Waals surface area contributed by atoms with Crippen molar-refractivity contribution in [3.8, 4) is 0 Å². The van der Waals surface area contributed by atoms with E-state index in [2.05, 4.69) is 30.9 Å². The molecule has 1 aliphatic heterocycles. The van der Waals surface area contributed by atoms with Crippen LogP contribution in [0.25, 0.3) is 0 Å². The van der Waals surface area contributed by atoms with Crippen molar-refractivity contribution in [3.05, 3.63) is 70.2 Å². The lowest BCUT2D eigenvalue weighted by molar-refractivity contribution is 0.0934. The average Bonchev–Trinajstić information content (AvgIpc) is 3.00. The van der Waals surface area contributed by atoms with Gasteiger partial charge in [-0.3, -0.25) is 4.79 Å². The fourth-order valence-electron chi connectivity index (χ4n) is 4.02. The predicted molar refractivity (Wildman–Crippen MR) is 126 cm³/mol. The molecule has 2 aromatic rings. The third-order valence-electron chi connectivity index (χ3n) is 6.10. The van der Waals surface area contributed by atoms with Gasteiger partial charge in [0, 0.05) is 17.1 Å². The van der Waals surface area contributed by atoms with Crippen molar-refractivity contribution < 1.29 is 4.79 Å². The highest BCUT2D eigenvalue weighted by atomic mass is 35.5. The molecule has 1 saturated heterocycles. The molecule has 0 saturated carbocycles. The van der Waals surface area contributed by atoms with Gasteiger partial charge < -0.3 is 4.90 Å². The molecule has 158 valence electrons. The number of rotatable bonds is 7. The lowest BCUT2D eigenvalue weighted by atomic mass is 9.88. The molecule has 4 heteroatoms. The van der Waals surface area contributed by atoms with Gasteiger partial charge in [0.05, 0.1) is 5.92 Å². The van der Waals surface area contributed by atoms with E-state index < -0.39 is 0 Å². The number of hydrogen-bond acceptors (Lipinski definition) is 2. The molecule has 0 N–H and O–H groups in total. The monoisotopic (exact) mass is 433 g/mol. The molecule has 3 rings (SSSR count). The summed E-state index contributed by atoms with van der Waals surface area (Å²) >= 11 is 6.09. The zero-order valence-corrected chi connectivity index (χ0v) is 19.1. The van der Waals surface area contributed by atoms with E-state index in [-0.39, 0.29) is 24.1 Å². The maximum Gasteiger partial charge on any atom is 0.171 e. The Labute approximate surface area is 187 Å². The zero-order chi connectivity index (χ0) is 19.9. The Morgan fingerprint density at radius 1 is 0.931 bits per heavy atom. The first kappa shape index (κ1) is 23.9. The van der Waals surface area contributed by atoms with Crippen LogP contribution in [0, 0.1) is 0 Å². The molecule has 2 unspecified atom stereocenters. The molecular formula is C25H33Cl2NO. The summed E-state index contributed by atoms with van der Waals surface area (Å²) in [7, 11) is 0. The summed E-state index contributed by atoms with van der Waals surface area (Å²) in [5.41, 5.74) is 3.17. The van der Waals surface area contributed by atoms with Gasteiger partial charge in [-0.05, 0) is 61.5 Å². The van der Waals surface area contributed by atoms with E-state index in [1.165, 1.54) is 31.2 Å². The predicted octanol–water partition coefficient (Wildman–Crippen LogP) is 7.12. The first-order chi connectivity index (χ1) is 13.6. The maximum atomic E-state index is 13.5. The molecule has 0 aromatic heterocycles. The van der Waals surface area contributed by atoms with Crippen molar-refractivity contribution in [1.82, 2.24) is 4.90 Å². The van der Waals surface area contributed by atoms with Crippen LogP contribution in [0.3, 0.4) is 0 Å². The molecule has 0 aliphatic carbocycles. The minimum absolute atomic E-state index is 0. The van der Waals surface area contributed by atoms with Gasteiger partial charge in [0.25, 0.3) is 0 Å². The number of carbonyl (C=O) groups is 1. The lowest BCUT2D eigenvalue weighted by Gasteiger charge is -2.26. The first-order valence-corrected chi connectivity index (χ1v) is 11.1. The van der Waals surface area contributed by atoms with Crippen LogP contribution in [-0.4, -0.2) is 30.3 Å². The second kappa shape index (κ2) is 11.7. The Morgan fingerprint density at radius 3 is 2.03 bits per heavy atom. The normalized spacial score (nSPS) is 17.1. The second-order valence-corrected chi connectivity index (χ2v) is 8.55. The molecule has 1 fully saturated rings. The van der Waals surface area contributed by atoms with Gasteiger partial charge in [0.15, 0.2) is 5.78 Å². The van der Waals surface area contributed by atoms with Crippen LogP contribution in [0.2, 0.25) is 5.02 Å². The Balaban J connectivity index is 0.00000300. The van der Waals surface area contributed by atoms with Crippen LogP contribution < -0.4 is 0 Å². The minimum Gasteiger partial charge on any atom is -0.302 e. The number of ketones is 1. The summed E-state index contributed by atoms with van der Waals surface area (Å²) in [5.74, 6) is 0.584. The molecule has 1 heterocycles. The van der Waals surface area contributed by atoms with Crippen molar-refractivity contribution in [2.24, 2.45) is 0 Å². The fourth-order valence-corrected chi connectivity index (χ4v) is 4.15. The Bertz CT molecular complexity index is 749. The molecule has 2 aromatic carbocycles. The lowest BCUT2D eigenvalue weighted by Crippen LogP contribution is -2.33. The number of hydrogen-bond donors (Lipinski definition) is 0. The minimum atomic E-state index is -0.148. The second-order valence-electron chi connectivity index (χ2n) is 8.11. The molecule has 0 spiro atoms. The van der Waals surface area contributed by atoms with Crippen LogP contribution in [0.4, 0.5) is 0 Å². The summed E-state index contributed by atoms with van der Waals surface area (Å²) in [5, 5.41) is 0.711. The standard InChI is InChI=1S/C25H32ClNO.ClH/c1-3-19(2)20-8-10-22(11-9-20)25(28)24(21-12-14-23(26)15-13-21)18-27-16-6-4-5-7-17-27;/h8-15,19,24H,3-7,16-18H2,1-2H3;1H. The van der Waals surface area contributed by atoms with Gasteiger partial charge in [0.1, 0.15) is 0 Å². The van der Waals surface area contributed by atoms with Crippen molar-refractivity contribution in [1.29, 1.82) is 0 Å². The Hall–Kier alpha value is -1.35. The number of likely N-dealkylation sites (tertiary alicyclic amines) is 1. The highest BCUT2D eigenvalue weighted by molar-refractivity contribution is 6.30. The summed E-state index contributed by atoms with van der Waals surface area (Å²) in [4.78, 5) is 16.0. The van der Waals surface area contributed by atoms with Gasteiger partial charge in [-0.2, -0.15) is 0 Å². The summed E-state index contributed by atoms with van der Waals surface area (Å²) in [6.45, 7) is 7.39. The molecular weight excluding hydrogens is 401 g/mol. The SMILES string of the molecule is CCC(C)c1ccc(C(=O)C(CN2CCCCCC2)c2ccc(Cl)cc2)cc1.Cl. The topological polar surface area (TPSA) is 20.3 Å². The largest absolute Gasteiger partial charge is 0.302 e. The summed E-state index contributed by atoms with van der Waals surface area (Å²) in [6.07, 6.45) is 6.16. The van der Waals surface area contributed by atoms with E-state index in [9.17, 15) is 4.79 Å². The summed E-state index contributed by atoms with van der Waals surface area (Å²) < 4.78 is 0. The number of halogens is 2. The zero-order valence-electron chi connectivity index (χ0n) is 17.6. The van der Waals surface area contributed by atoms with Gasteiger partial charge in [-0.1, -0.05) is 74.7 Å². The van der Waals surface area contributed by atoms with Crippen LogP contribution >= 0.6 is 24.0 Å². The van der Waals surface area contributed by atoms with Crippen molar-refractivity contribution in [2.75, 3.05) is 19.6 Å². The van der Waals surface area contributed by atoms with E-state index in [1.54, 1.807) is 0 Å². The first-order valence-electron chi connectivity index (χ1n) is 10.7. The van der Waals surface area contributed by atoms with Crippen LogP contribution in [0.15, 0.2) is 48.5 Å². The highest BCUT2D eigenvalue weighted by Gasteiger charge is 2.25. The van der Waals surface area contributed by atoms with Gasteiger partial charge >= 0.3 is 0 Å². The van der Waals surface area contributed by atoms with Crippen molar-refractivity contribution in [2.45, 2.75) is 57.8 Å². The van der Waals surface area contributed by atoms with Crippen LogP contribution in [0.1, 0.15) is 79.3 Å². The molecule has 0 radical (unpaired) electrons. The quantitative estimate of drug-likeness (QED) is 0.433. The fraction of sp³-hybridized carbons (Fsp3) is 0.480. The van der Waals surface area contributed by atoms with E-state index in [0.717, 1.165) is 37.2 Å². The van der Waals surface area contributed by atoms with E-state index in [1.807, 2.05) is 36.4 Å². The highest BCUT2D eigenvalue weighted by Crippen LogP contribution is 2.27. The molecule has 1 aliphatic rings. The third-order valence-corrected chi connectivity index (χ3v) is 6.36. The van der Waals surface area contributed by atoms with Gasteiger partial charge in [-0.15, -0.1) is 12.4 Å². The van der Waals surface area contributed by atoms with Crippen molar-refractivity contribution in [3.63, 3.8) is 0 Å². The average molecular weight is 434 g/mol. The molecule has 0 bridgehead atoms. The molecule has 2 nitrogen and oxygen atoms in total. The molecule has 2 atom stereocenters.